The van der Waals surface area contributed by atoms with Crippen molar-refractivity contribution in [2.24, 2.45) is 0 Å². The summed E-state index contributed by atoms with van der Waals surface area (Å²) in [4.78, 5) is 11.6. The van der Waals surface area contributed by atoms with Gasteiger partial charge < -0.3 is 4.74 Å². The van der Waals surface area contributed by atoms with Crippen molar-refractivity contribution in [1.29, 1.82) is 0 Å². The lowest BCUT2D eigenvalue weighted by Gasteiger charge is -2.08. The van der Waals surface area contributed by atoms with Crippen molar-refractivity contribution in [2.75, 3.05) is 7.11 Å². The van der Waals surface area contributed by atoms with E-state index in [2.05, 4.69) is 20.3 Å². The highest BCUT2D eigenvalue weighted by Crippen LogP contribution is 2.14. The maximum Gasteiger partial charge on any atom is 0.338 e. The maximum atomic E-state index is 13.2. The fraction of sp³-hybridized carbons (Fsp3) is 0.333. The molecule has 0 bridgehead atoms. The molecule has 0 saturated carbocycles. The number of hydrogen-bond acceptors (Lipinski definition) is 5. The molecule has 7 heteroatoms. The zero-order valence-electron chi connectivity index (χ0n) is 10.6. The van der Waals surface area contributed by atoms with Crippen molar-refractivity contribution < 1.29 is 13.9 Å². The van der Waals surface area contributed by atoms with Gasteiger partial charge in [0, 0.05) is 6.42 Å². The third-order valence-electron chi connectivity index (χ3n) is 2.72. The number of ether oxygens (including phenoxy) is 1. The minimum atomic E-state index is -0.583. The first-order valence-corrected chi connectivity index (χ1v) is 5.77. The van der Waals surface area contributed by atoms with Gasteiger partial charge in [-0.15, -0.1) is 5.10 Å². The molecule has 0 fully saturated rings. The Morgan fingerprint density at radius 2 is 2.26 bits per heavy atom. The van der Waals surface area contributed by atoms with Crippen LogP contribution < -0.4 is 0 Å². The Morgan fingerprint density at radius 3 is 2.95 bits per heavy atom. The number of methoxy groups -OCH3 is 1. The zero-order valence-corrected chi connectivity index (χ0v) is 10.6. The maximum absolute atomic E-state index is 13.2. The van der Waals surface area contributed by atoms with Crippen molar-refractivity contribution >= 4 is 5.97 Å². The SMILES string of the molecule is CCc1nnnn1Cc1ccc(F)cc1C(=O)OC. The molecule has 0 spiro atoms. The second-order valence-corrected chi connectivity index (χ2v) is 3.90. The van der Waals surface area contributed by atoms with Gasteiger partial charge in [0.15, 0.2) is 5.82 Å². The Balaban J connectivity index is 2.37. The molecule has 6 nitrogen and oxygen atoms in total. The first kappa shape index (κ1) is 13.1. The van der Waals surface area contributed by atoms with Crippen LogP contribution >= 0.6 is 0 Å². The fourth-order valence-corrected chi connectivity index (χ4v) is 1.75. The Labute approximate surface area is 109 Å². The van der Waals surface area contributed by atoms with Crippen molar-refractivity contribution in [3.63, 3.8) is 0 Å². The molecule has 0 unspecified atom stereocenters. The molecule has 2 aromatic rings. The van der Waals surface area contributed by atoms with Crippen LogP contribution in [0.4, 0.5) is 4.39 Å². The number of nitrogens with zero attached hydrogens (tertiary/aromatic N) is 4. The number of hydrogen-bond donors (Lipinski definition) is 0. The average Bonchev–Trinajstić information content (AvgIpc) is 2.87. The highest BCUT2D eigenvalue weighted by molar-refractivity contribution is 5.91. The molecule has 0 atom stereocenters. The summed E-state index contributed by atoms with van der Waals surface area (Å²) < 4.78 is 19.4. The summed E-state index contributed by atoms with van der Waals surface area (Å²) in [6.45, 7) is 2.22. The van der Waals surface area contributed by atoms with E-state index in [1.165, 1.54) is 19.2 Å². The fourth-order valence-electron chi connectivity index (χ4n) is 1.75. The van der Waals surface area contributed by atoms with Crippen LogP contribution in [-0.2, 0) is 17.7 Å². The van der Waals surface area contributed by atoms with E-state index in [-0.39, 0.29) is 5.56 Å². The molecule has 0 aliphatic rings. The lowest BCUT2D eigenvalue weighted by Crippen LogP contribution is -2.12. The standard InChI is InChI=1S/C12H13FN4O2/c1-3-11-14-15-16-17(11)7-8-4-5-9(13)6-10(8)12(18)19-2/h4-6H,3,7H2,1-2H3. The highest BCUT2D eigenvalue weighted by atomic mass is 19.1. The van der Waals surface area contributed by atoms with Gasteiger partial charge >= 0.3 is 5.97 Å². The van der Waals surface area contributed by atoms with Crippen LogP contribution in [0.5, 0.6) is 0 Å². The van der Waals surface area contributed by atoms with Crippen LogP contribution in [0.1, 0.15) is 28.7 Å². The van der Waals surface area contributed by atoms with Crippen molar-refractivity contribution in [2.45, 2.75) is 19.9 Å². The minimum absolute atomic E-state index is 0.181. The lowest BCUT2D eigenvalue weighted by atomic mass is 10.1. The van der Waals surface area contributed by atoms with E-state index in [0.29, 0.717) is 24.4 Å². The van der Waals surface area contributed by atoms with Gasteiger partial charge in [0.1, 0.15) is 5.82 Å². The number of benzene rings is 1. The number of carbonyl (C=O) groups is 1. The summed E-state index contributed by atoms with van der Waals surface area (Å²) in [6, 6.07) is 3.97. The molecule has 0 radical (unpaired) electrons. The van der Waals surface area contributed by atoms with Crippen LogP contribution in [0.25, 0.3) is 0 Å². The smallest absolute Gasteiger partial charge is 0.338 e. The molecule has 0 saturated heterocycles. The van der Waals surface area contributed by atoms with Crippen LogP contribution in [0.2, 0.25) is 0 Å². The van der Waals surface area contributed by atoms with Gasteiger partial charge in [0.25, 0.3) is 0 Å². The summed E-state index contributed by atoms with van der Waals surface area (Å²) in [6.07, 6.45) is 0.668. The molecule has 0 amide bonds. The molecule has 100 valence electrons. The summed E-state index contributed by atoms with van der Waals surface area (Å²) in [5.74, 6) is -0.377. The van der Waals surface area contributed by atoms with Crippen molar-refractivity contribution in [1.82, 2.24) is 20.2 Å². The van der Waals surface area contributed by atoms with Gasteiger partial charge in [0.05, 0.1) is 19.2 Å². The Bertz CT molecular complexity index is 597. The Kier molecular flexibility index (Phi) is 3.84. The van der Waals surface area contributed by atoms with E-state index in [1.807, 2.05) is 6.92 Å². The van der Waals surface area contributed by atoms with E-state index >= 15 is 0 Å². The molecule has 0 N–H and O–H groups in total. The van der Waals surface area contributed by atoms with Gasteiger partial charge in [0.2, 0.25) is 0 Å². The second kappa shape index (κ2) is 5.55. The minimum Gasteiger partial charge on any atom is -0.465 e. The van der Waals surface area contributed by atoms with E-state index in [1.54, 1.807) is 4.68 Å². The van der Waals surface area contributed by atoms with Crippen LogP contribution in [0.15, 0.2) is 18.2 Å². The largest absolute Gasteiger partial charge is 0.465 e. The van der Waals surface area contributed by atoms with Gasteiger partial charge in [-0.05, 0) is 28.1 Å². The number of halogens is 1. The Morgan fingerprint density at radius 1 is 1.47 bits per heavy atom. The number of esters is 1. The van der Waals surface area contributed by atoms with E-state index in [0.717, 1.165) is 6.07 Å². The van der Waals surface area contributed by atoms with E-state index < -0.39 is 11.8 Å². The first-order valence-electron chi connectivity index (χ1n) is 5.77. The molecular weight excluding hydrogens is 251 g/mol. The molecule has 1 aromatic heterocycles. The normalized spacial score (nSPS) is 10.5. The summed E-state index contributed by atoms with van der Waals surface area (Å²) in [7, 11) is 1.26. The summed E-state index contributed by atoms with van der Waals surface area (Å²) in [5.41, 5.74) is 0.787. The van der Waals surface area contributed by atoms with E-state index in [4.69, 9.17) is 0 Å². The topological polar surface area (TPSA) is 69.9 Å². The van der Waals surface area contributed by atoms with Crippen LogP contribution in [0.3, 0.4) is 0 Å². The number of tetrazole rings is 1. The average molecular weight is 264 g/mol. The molecular formula is C12H13FN4O2. The molecule has 0 aliphatic carbocycles. The Hall–Kier alpha value is -2.31. The van der Waals surface area contributed by atoms with Crippen molar-refractivity contribution in [3.05, 3.63) is 41.0 Å². The third kappa shape index (κ3) is 2.75. The van der Waals surface area contributed by atoms with E-state index in [9.17, 15) is 9.18 Å². The molecule has 2 rings (SSSR count). The van der Waals surface area contributed by atoms with Gasteiger partial charge in [-0.25, -0.2) is 13.9 Å². The van der Waals surface area contributed by atoms with Crippen LogP contribution in [-0.4, -0.2) is 33.3 Å². The molecule has 1 aromatic carbocycles. The highest BCUT2D eigenvalue weighted by Gasteiger charge is 2.15. The molecule has 19 heavy (non-hydrogen) atoms. The predicted octanol–water partition coefficient (Wildman–Crippen LogP) is 1.21. The number of aryl methyl sites for hydroxylation is 1. The van der Waals surface area contributed by atoms with Gasteiger partial charge in [-0.1, -0.05) is 13.0 Å². The first-order chi connectivity index (χ1) is 9.15. The van der Waals surface area contributed by atoms with Crippen LogP contribution in [0, 0.1) is 5.82 Å². The molecule has 0 aliphatic heterocycles. The predicted molar refractivity (Wildman–Crippen MR) is 64.0 cm³/mol. The third-order valence-corrected chi connectivity index (χ3v) is 2.72. The monoisotopic (exact) mass is 264 g/mol. The second-order valence-electron chi connectivity index (χ2n) is 3.90. The molecule has 1 heterocycles. The number of aromatic nitrogens is 4. The van der Waals surface area contributed by atoms with Gasteiger partial charge in [-0.3, -0.25) is 0 Å². The van der Waals surface area contributed by atoms with Crippen molar-refractivity contribution in [3.8, 4) is 0 Å². The number of rotatable bonds is 4. The van der Waals surface area contributed by atoms with Gasteiger partial charge in [-0.2, -0.15) is 0 Å². The quantitative estimate of drug-likeness (QED) is 0.776. The lowest BCUT2D eigenvalue weighted by molar-refractivity contribution is 0.0598. The zero-order chi connectivity index (χ0) is 13.8. The number of carbonyl (C=O) groups excluding carboxylic acids is 1. The summed E-state index contributed by atoms with van der Waals surface area (Å²) in [5, 5.41) is 11.3. The summed E-state index contributed by atoms with van der Waals surface area (Å²) >= 11 is 0.